The number of hydrogen-bond acceptors (Lipinski definition) is 4. The maximum absolute atomic E-state index is 11.5. The van der Waals surface area contributed by atoms with Crippen molar-refractivity contribution < 1.29 is 9.53 Å². The average Bonchev–Trinajstić information content (AvgIpc) is 2.39. The van der Waals surface area contributed by atoms with Gasteiger partial charge in [0.15, 0.2) is 0 Å². The zero-order valence-electron chi connectivity index (χ0n) is 12.0. The Morgan fingerprint density at radius 1 is 1.37 bits per heavy atom. The fraction of sp³-hybridized carbons (Fsp3) is 0.533. The summed E-state index contributed by atoms with van der Waals surface area (Å²) >= 11 is 0. The maximum Gasteiger partial charge on any atom is 0.340 e. The van der Waals surface area contributed by atoms with E-state index in [1.54, 1.807) is 12.1 Å². The van der Waals surface area contributed by atoms with Gasteiger partial charge in [-0.1, -0.05) is 26.7 Å². The van der Waals surface area contributed by atoms with Gasteiger partial charge in [-0.15, -0.1) is 0 Å². The molecule has 0 fully saturated rings. The predicted molar refractivity (Wildman–Crippen MR) is 79.4 cm³/mol. The minimum atomic E-state index is -0.402. The number of unbranched alkanes of at least 4 members (excludes halogenated alkanes) is 1. The molecule has 1 aromatic carbocycles. The minimum Gasteiger partial charge on any atom is -0.465 e. The third kappa shape index (κ3) is 5.20. The summed E-state index contributed by atoms with van der Waals surface area (Å²) in [6, 6.07) is 5.34. The second kappa shape index (κ2) is 7.67. The topological polar surface area (TPSA) is 64.3 Å². The molecule has 0 heterocycles. The highest BCUT2D eigenvalue weighted by Gasteiger charge is 2.10. The van der Waals surface area contributed by atoms with E-state index in [9.17, 15) is 4.79 Å². The molecule has 1 rings (SSSR count). The van der Waals surface area contributed by atoms with Crippen LogP contribution in [-0.2, 0) is 4.74 Å². The molecule has 0 amide bonds. The first-order valence-corrected chi connectivity index (χ1v) is 6.76. The Bertz CT molecular complexity index is 417. The van der Waals surface area contributed by atoms with Crippen molar-refractivity contribution in [1.82, 2.24) is 0 Å². The molecule has 1 aromatic rings. The molecule has 3 N–H and O–H groups in total. The molecule has 19 heavy (non-hydrogen) atoms. The van der Waals surface area contributed by atoms with Crippen LogP contribution in [0.15, 0.2) is 18.2 Å². The van der Waals surface area contributed by atoms with Gasteiger partial charge in [-0.3, -0.25) is 0 Å². The molecule has 106 valence electrons. The molecule has 0 bridgehead atoms. The van der Waals surface area contributed by atoms with E-state index in [4.69, 9.17) is 10.5 Å². The van der Waals surface area contributed by atoms with Crippen molar-refractivity contribution in [3.63, 3.8) is 0 Å². The molecule has 0 saturated heterocycles. The van der Waals surface area contributed by atoms with E-state index >= 15 is 0 Å². The SMILES string of the molecule is COC(=O)c1cc(NCCCCC(C)C)ccc1N. The Hall–Kier alpha value is -1.71. The summed E-state index contributed by atoms with van der Waals surface area (Å²) in [4.78, 5) is 11.5. The van der Waals surface area contributed by atoms with Crippen molar-refractivity contribution in [3.05, 3.63) is 23.8 Å². The van der Waals surface area contributed by atoms with Gasteiger partial charge in [-0.05, 0) is 30.5 Å². The lowest BCUT2D eigenvalue weighted by atomic mass is 10.1. The Labute approximate surface area is 115 Å². The molecule has 4 nitrogen and oxygen atoms in total. The van der Waals surface area contributed by atoms with Crippen LogP contribution >= 0.6 is 0 Å². The van der Waals surface area contributed by atoms with Gasteiger partial charge in [0.1, 0.15) is 0 Å². The first-order chi connectivity index (χ1) is 9.04. The highest BCUT2D eigenvalue weighted by atomic mass is 16.5. The zero-order valence-corrected chi connectivity index (χ0v) is 12.0. The summed E-state index contributed by atoms with van der Waals surface area (Å²) in [5.74, 6) is 0.350. The quantitative estimate of drug-likeness (QED) is 0.450. The van der Waals surface area contributed by atoms with Gasteiger partial charge in [-0.2, -0.15) is 0 Å². The second-order valence-corrected chi connectivity index (χ2v) is 5.11. The minimum absolute atomic E-state index is 0.402. The van der Waals surface area contributed by atoms with E-state index in [1.165, 1.54) is 20.0 Å². The number of methoxy groups -OCH3 is 1. The number of anilines is 2. The maximum atomic E-state index is 11.5. The van der Waals surface area contributed by atoms with Crippen LogP contribution in [0.4, 0.5) is 11.4 Å². The molecule has 0 atom stereocenters. The molecule has 0 spiro atoms. The normalized spacial score (nSPS) is 10.5. The highest BCUT2D eigenvalue weighted by molar-refractivity contribution is 5.96. The predicted octanol–water partition coefficient (Wildman–Crippen LogP) is 3.29. The van der Waals surface area contributed by atoms with Crippen LogP contribution in [0.25, 0.3) is 0 Å². The summed E-state index contributed by atoms with van der Waals surface area (Å²) in [6.45, 7) is 5.36. The van der Waals surface area contributed by atoms with Gasteiger partial charge in [-0.25, -0.2) is 4.79 Å². The van der Waals surface area contributed by atoms with Gasteiger partial charge in [0, 0.05) is 17.9 Å². The average molecular weight is 264 g/mol. The lowest BCUT2D eigenvalue weighted by Gasteiger charge is -2.10. The molecular formula is C15H24N2O2. The molecule has 0 aliphatic carbocycles. The molecule has 0 aromatic heterocycles. The summed E-state index contributed by atoms with van der Waals surface area (Å²) in [7, 11) is 1.35. The number of nitrogens with two attached hydrogens (primary N) is 1. The van der Waals surface area contributed by atoms with Gasteiger partial charge >= 0.3 is 5.97 Å². The van der Waals surface area contributed by atoms with E-state index in [0.717, 1.165) is 24.6 Å². The fourth-order valence-corrected chi connectivity index (χ4v) is 1.86. The van der Waals surface area contributed by atoms with Crippen LogP contribution in [-0.4, -0.2) is 19.6 Å². The molecule has 0 aliphatic heterocycles. The second-order valence-electron chi connectivity index (χ2n) is 5.11. The number of benzene rings is 1. The van der Waals surface area contributed by atoms with Crippen molar-refractivity contribution in [2.75, 3.05) is 24.7 Å². The van der Waals surface area contributed by atoms with Crippen molar-refractivity contribution in [2.45, 2.75) is 33.1 Å². The first kappa shape index (κ1) is 15.3. The van der Waals surface area contributed by atoms with E-state index in [0.29, 0.717) is 11.3 Å². The fourth-order valence-electron chi connectivity index (χ4n) is 1.86. The standard InChI is InChI=1S/C15H24N2O2/c1-11(2)6-4-5-9-17-12-7-8-14(16)13(10-12)15(18)19-3/h7-8,10-11,17H,4-6,9,16H2,1-3H3. The lowest BCUT2D eigenvalue weighted by molar-refractivity contribution is 0.0602. The monoisotopic (exact) mass is 264 g/mol. The number of hydrogen-bond donors (Lipinski definition) is 2. The number of esters is 1. The van der Waals surface area contributed by atoms with E-state index in [-0.39, 0.29) is 0 Å². The molecule has 0 aliphatic rings. The number of carbonyl (C=O) groups excluding carboxylic acids is 1. The van der Waals surface area contributed by atoms with Crippen LogP contribution in [0.1, 0.15) is 43.5 Å². The number of ether oxygens (including phenoxy) is 1. The molecular weight excluding hydrogens is 240 g/mol. The van der Waals surface area contributed by atoms with Gasteiger partial charge < -0.3 is 15.8 Å². The van der Waals surface area contributed by atoms with Crippen LogP contribution in [0.2, 0.25) is 0 Å². The Kier molecular flexibility index (Phi) is 6.19. The van der Waals surface area contributed by atoms with E-state index in [2.05, 4.69) is 19.2 Å². The molecule has 0 unspecified atom stereocenters. The van der Waals surface area contributed by atoms with Crippen LogP contribution in [0, 0.1) is 5.92 Å². The number of nitrogen functional groups attached to an aromatic ring is 1. The summed E-state index contributed by atoms with van der Waals surface area (Å²) < 4.78 is 4.69. The van der Waals surface area contributed by atoms with Gasteiger partial charge in [0.25, 0.3) is 0 Å². The van der Waals surface area contributed by atoms with Crippen molar-refractivity contribution in [1.29, 1.82) is 0 Å². The lowest BCUT2D eigenvalue weighted by Crippen LogP contribution is -2.08. The number of rotatable bonds is 7. The zero-order chi connectivity index (χ0) is 14.3. The largest absolute Gasteiger partial charge is 0.465 e. The van der Waals surface area contributed by atoms with Crippen LogP contribution < -0.4 is 11.1 Å². The molecule has 0 radical (unpaired) electrons. The first-order valence-electron chi connectivity index (χ1n) is 6.76. The summed E-state index contributed by atoms with van der Waals surface area (Å²) in [5.41, 5.74) is 7.50. The van der Waals surface area contributed by atoms with E-state index in [1.807, 2.05) is 6.07 Å². The van der Waals surface area contributed by atoms with Gasteiger partial charge in [0.2, 0.25) is 0 Å². The molecule has 4 heteroatoms. The number of carbonyl (C=O) groups is 1. The van der Waals surface area contributed by atoms with Gasteiger partial charge in [0.05, 0.1) is 12.7 Å². The summed E-state index contributed by atoms with van der Waals surface area (Å²) in [5, 5.41) is 3.30. The Morgan fingerprint density at radius 3 is 2.74 bits per heavy atom. The molecule has 0 saturated carbocycles. The Balaban J connectivity index is 2.48. The summed E-state index contributed by atoms with van der Waals surface area (Å²) in [6.07, 6.45) is 3.58. The third-order valence-electron chi connectivity index (χ3n) is 3.00. The third-order valence-corrected chi connectivity index (χ3v) is 3.00. The Morgan fingerprint density at radius 2 is 2.11 bits per heavy atom. The van der Waals surface area contributed by atoms with Crippen molar-refractivity contribution >= 4 is 17.3 Å². The number of nitrogens with one attached hydrogen (secondary N) is 1. The smallest absolute Gasteiger partial charge is 0.340 e. The van der Waals surface area contributed by atoms with Crippen molar-refractivity contribution in [2.24, 2.45) is 5.92 Å². The van der Waals surface area contributed by atoms with E-state index < -0.39 is 5.97 Å². The van der Waals surface area contributed by atoms with Crippen LogP contribution in [0.3, 0.4) is 0 Å². The van der Waals surface area contributed by atoms with Crippen molar-refractivity contribution in [3.8, 4) is 0 Å². The highest BCUT2D eigenvalue weighted by Crippen LogP contribution is 2.19. The van der Waals surface area contributed by atoms with Crippen LogP contribution in [0.5, 0.6) is 0 Å².